The lowest BCUT2D eigenvalue weighted by molar-refractivity contribution is -0.116. The Hall–Kier alpha value is -2.83. The largest absolute Gasteiger partial charge is 0.486 e. The first-order chi connectivity index (χ1) is 15.8. The van der Waals surface area contributed by atoms with Crippen molar-refractivity contribution in [2.45, 2.75) is 23.1 Å². The first kappa shape index (κ1) is 23.3. The summed E-state index contributed by atoms with van der Waals surface area (Å²) in [5, 5.41) is 11.1. The van der Waals surface area contributed by atoms with E-state index in [9.17, 15) is 13.2 Å². The highest BCUT2D eigenvalue weighted by atomic mass is 32.2. The zero-order valence-corrected chi connectivity index (χ0v) is 20.4. The van der Waals surface area contributed by atoms with Gasteiger partial charge in [0.2, 0.25) is 21.1 Å². The molecule has 0 saturated carbocycles. The van der Waals surface area contributed by atoms with E-state index in [0.717, 1.165) is 21.9 Å². The molecule has 9 nitrogen and oxygen atoms in total. The molecular weight excluding hydrogens is 484 g/mol. The quantitative estimate of drug-likeness (QED) is 0.366. The number of nitrogens with zero attached hydrogens (tertiary/aromatic N) is 3. The lowest BCUT2D eigenvalue weighted by Crippen LogP contribution is -2.45. The zero-order chi connectivity index (χ0) is 23.4. The molecule has 1 aromatic heterocycles. The van der Waals surface area contributed by atoms with E-state index in [2.05, 4.69) is 15.5 Å². The third-order valence-electron chi connectivity index (χ3n) is 4.71. The highest BCUT2D eigenvalue weighted by Crippen LogP contribution is 2.35. The molecule has 12 heteroatoms. The van der Waals surface area contributed by atoms with Crippen LogP contribution in [0.15, 0.2) is 52.9 Å². The van der Waals surface area contributed by atoms with Gasteiger partial charge in [0.25, 0.3) is 0 Å². The fraction of sp³-hybridized carbons (Fsp3) is 0.286. The van der Waals surface area contributed by atoms with Crippen LogP contribution < -0.4 is 19.1 Å². The van der Waals surface area contributed by atoms with Gasteiger partial charge in [-0.15, -0.1) is 10.2 Å². The summed E-state index contributed by atoms with van der Waals surface area (Å²) in [6.45, 7) is 2.31. The number of ether oxygens (including phenoxy) is 2. The van der Waals surface area contributed by atoms with Gasteiger partial charge in [-0.3, -0.25) is 14.4 Å². The Balaban J connectivity index is 1.46. The van der Waals surface area contributed by atoms with Crippen LogP contribution in [-0.4, -0.2) is 50.0 Å². The number of hydrogen-bond donors (Lipinski definition) is 1. The Kier molecular flexibility index (Phi) is 7.05. The van der Waals surface area contributed by atoms with Gasteiger partial charge >= 0.3 is 0 Å². The molecule has 0 saturated heterocycles. The number of hydrogen-bond acceptors (Lipinski definition) is 9. The van der Waals surface area contributed by atoms with E-state index in [1.54, 1.807) is 18.2 Å². The van der Waals surface area contributed by atoms with Gasteiger partial charge in [0.15, 0.2) is 15.8 Å². The minimum atomic E-state index is -3.78. The van der Waals surface area contributed by atoms with E-state index < -0.39 is 22.0 Å². The summed E-state index contributed by atoms with van der Waals surface area (Å²) in [5.41, 5.74) is 1.46. The first-order valence-electron chi connectivity index (χ1n) is 10.0. The number of carbonyl (C=O) groups excluding carboxylic acids is 1. The monoisotopic (exact) mass is 506 g/mol. The molecule has 0 radical (unpaired) electrons. The lowest BCUT2D eigenvalue weighted by atomic mass is 10.2. The van der Waals surface area contributed by atoms with E-state index in [1.807, 2.05) is 30.3 Å². The summed E-state index contributed by atoms with van der Waals surface area (Å²) in [5.74, 6) is 1.17. The maximum absolute atomic E-state index is 12.9. The Morgan fingerprint density at radius 2 is 1.88 bits per heavy atom. The second-order valence-corrected chi connectivity index (χ2v) is 11.3. The van der Waals surface area contributed by atoms with Crippen LogP contribution >= 0.6 is 23.1 Å². The summed E-state index contributed by atoms with van der Waals surface area (Å²) < 4.78 is 37.9. The van der Waals surface area contributed by atoms with Crippen molar-refractivity contribution in [2.75, 3.05) is 29.1 Å². The molecule has 0 spiro atoms. The highest BCUT2D eigenvalue weighted by Gasteiger charge is 2.31. The van der Waals surface area contributed by atoms with E-state index in [1.165, 1.54) is 30.0 Å². The van der Waals surface area contributed by atoms with Gasteiger partial charge in [0.05, 0.1) is 11.9 Å². The van der Waals surface area contributed by atoms with Gasteiger partial charge < -0.3 is 9.47 Å². The number of thioether (sulfide) groups is 1. The Morgan fingerprint density at radius 3 is 2.61 bits per heavy atom. The number of carbonyl (C=O) groups is 1. The summed E-state index contributed by atoms with van der Waals surface area (Å²) in [4.78, 5) is 12.9. The first-order valence-corrected chi connectivity index (χ1v) is 13.7. The van der Waals surface area contributed by atoms with Crippen LogP contribution in [0, 0.1) is 0 Å². The summed E-state index contributed by atoms with van der Waals surface area (Å²) in [7, 11) is -3.78. The van der Waals surface area contributed by atoms with Crippen LogP contribution in [0.25, 0.3) is 0 Å². The fourth-order valence-corrected chi connectivity index (χ4v) is 6.10. The molecule has 0 fully saturated rings. The minimum Gasteiger partial charge on any atom is -0.486 e. The van der Waals surface area contributed by atoms with Gasteiger partial charge in [0.1, 0.15) is 19.3 Å². The Labute approximate surface area is 200 Å². The second-order valence-electron chi connectivity index (χ2n) is 7.20. The van der Waals surface area contributed by atoms with Crippen molar-refractivity contribution in [1.29, 1.82) is 0 Å². The Morgan fingerprint density at radius 1 is 1.15 bits per heavy atom. The van der Waals surface area contributed by atoms with Gasteiger partial charge in [-0.05, 0) is 24.6 Å². The number of benzene rings is 2. The molecule has 1 amide bonds. The average molecular weight is 507 g/mol. The van der Waals surface area contributed by atoms with Crippen molar-refractivity contribution in [3.8, 4) is 11.5 Å². The molecule has 174 valence electrons. The number of aromatic nitrogens is 2. The highest BCUT2D eigenvalue weighted by molar-refractivity contribution is 8.00. The van der Waals surface area contributed by atoms with Crippen LogP contribution in [-0.2, 0) is 20.6 Å². The molecule has 1 atom stereocenters. The van der Waals surface area contributed by atoms with Crippen LogP contribution in [0.2, 0.25) is 0 Å². The maximum Gasteiger partial charge on any atom is 0.249 e. The van der Waals surface area contributed by atoms with Gasteiger partial charge in [-0.25, -0.2) is 8.42 Å². The van der Waals surface area contributed by atoms with Crippen molar-refractivity contribution >= 4 is 49.8 Å². The molecule has 2 heterocycles. The molecule has 3 aromatic rings. The maximum atomic E-state index is 12.9. The van der Waals surface area contributed by atoms with Crippen molar-refractivity contribution in [1.82, 2.24) is 10.2 Å². The molecule has 0 bridgehead atoms. The molecule has 4 rings (SSSR count). The normalized spacial score (nSPS) is 13.9. The Bertz CT molecular complexity index is 1230. The van der Waals surface area contributed by atoms with Gasteiger partial charge in [-0.1, -0.05) is 53.4 Å². The van der Waals surface area contributed by atoms with E-state index >= 15 is 0 Å². The van der Waals surface area contributed by atoms with Crippen LogP contribution in [0.4, 0.5) is 10.8 Å². The molecule has 33 heavy (non-hydrogen) atoms. The number of nitrogens with one attached hydrogen (secondary N) is 1. The van der Waals surface area contributed by atoms with Crippen molar-refractivity contribution in [3.63, 3.8) is 0 Å². The molecule has 1 aliphatic heterocycles. The minimum absolute atomic E-state index is 0.304. The van der Waals surface area contributed by atoms with Crippen LogP contribution in [0.5, 0.6) is 11.5 Å². The van der Waals surface area contributed by atoms with Gasteiger partial charge in [0, 0.05) is 11.8 Å². The summed E-state index contributed by atoms with van der Waals surface area (Å²) >= 11 is 2.75. The predicted octanol–water partition coefficient (Wildman–Crippen LogP) is 3.39. The van der Waals surface area contributed by atoms with E-state index in [0.29, 0.717) is 39.9 Å². The number of sulfonamides is 1. The SMILES string of the molecule is CC(C(=O)Nc1nnc(SCc2ccccc2)s1)N(c1ccc2c(c1)OCCO2)S(C)(=O)=O. The van der Waals surface area contributed by atoms with E-state index in [4.69, 9.17) is 9.47 Å². The van der Waals surface area contributed by atoms with Crippen LogP contribution in [0.1, 0.15) is 12.5 Å². The second kappa shape index (κ2) is 9.98. The average Bonchev–Trinajstić information content (AvgIpc) is 3.24. The molecule has 1 N–H and O–H groups in total. The van der Waals surface area contributed by atoms with Crippen molar-refractivity contribution in [3.05, 3.63) is 54.1 Å². The standard InChI is InChI=1S/C21H22N4O5S3/c1-14(25(33(2,27)28)16-8-9-17-18(12-16)30-11-10-29-17)19(26)22-20-23-24-21(32-20)31-13-15-6-4-3-5-7-15/h3-9,12,14H,10-11,13H2,1-2H3,(H,22,23,26). The summed E-state index contributed by atoms with van der Waals surface area (Å²) in [6, 6.07) is 13.7. The topological polar surface area (TPSA) is 111 Å². The van der Waals surface area contributed by atoms with Crippen molar-refractivity contribution in [2.24, 2.45) is 0 Å². The van der Waals surface area contributed by atoms with Gasteiger partial charge in [-0.2, -0.15) is 0 Å². The van der Waals surface area contributed by atoms with Crippen LogP contribution in [0.3, 0.4) is 0 Å². The smallest absolute Gasteiger partial charge is 0.249 e. The molecular formula is C21H22N4O5S3. The zero-order valence-electron chi connectivity index (χ0n) is 17.9. The number of rotatable bonds is 8. The third kappa shape index (κ3) is 5.75. The van der Waals surface area contributed by atoms with E-state index in [-0.39, 0.29) is 0 Å². The summed E-state index contributed by atoms with van der Waals surface area (Å²) in [6.07, 6.45) is 1.05. The molecule has 0 aliphatic carbocycles. The third-order valence-corrected chi connectivity index (χ3v) is 8.00. The lowest BCUT2D eigenvalue weighted by Gasteiger charge is -2.29. The number of anilines is 2. The fourth-order valence-electron chi connectivity index (χ4n) is 3.23. The number of amides is 1. The predicted molar refractivity (Wildman–Crippen MR) is 129 cm³/mol. The molecule has 1 unspecified atom stereocenters. The van der Waals surface area contributed by atoms with Crippen molar-refractivity contribution < 1.29 is 22.7 Å². The number of fused-ring (bicyclic) bond motifs is 1. The molecule has 2 aromatic carbocycles. The molecule has 1 aliphatic rings.